The van der Waals surface area contributed by atoms with Gasteiger partial charge >= 0.3 is 11.9 Å². The van der Waals surface area contributed by atoms with Crippen LogP contribution in [-0.2, 0) is 19.1 Å². The predicted octanol–water partition coefficient (Wildman–Crippen LogP) is 0.511. The van der Waals surface area contributed by atoms with E-state index >= 15 is 0 Å². The standard InChI is InChI=1S/C10H15NO4/c1-4-15-10(13)8(7(2)11)5-6-9(12)14-3/h5-6H,4,11H2,1-3H3/b6-5+,8-7+. The molecule has 0 atom stereocenters. The van der Waals surface area contributed by atoms with Crippen molar-refractivity contribution in [1.82, 2.24) is 0 Å². The Hall–Kier alpha value is -1.78. The Kier molecular flexibility index (Phi) is 5.85. The Labute approximate surface area is 88.5 Å². The van der Waals surface area contributed by atoms with Crippen molar-refractivity contribution in [3.8, 4) is 0 Å². The van der Waals surface area contributed by atoms with Gasteiger partial charge in [-0.1, -0.05) is 0 Å². The van der Waals surface area contributed by atoms with Gasteiger partial charge in [0, 0.05) is 11.8 Å². The third-order valence-corrected chi connectivity index (χ3v) is 1.51. The average molecular weight is 213 g/mol. The van der Waals surface area contributed by atoms with Crippen molar-refractivity contribution in [2.24, 2.45) is 5.73 Å². The highest BCUT2D eigenvalue weighted by molar-refractivity contribution is 5.94. The van der Waals surface area contributed by atoms with Gasteiger partial charge in [-0.2, -0.15) is 0 Å². The molecule has 0 radical (unpaired) electrons. The van der Waals surface area contributed by atoms with Crippen LogP contribution in [0.2, 0.25) is 0 Å². The molecule has 0 spiro atoms. The molecule has 0 aromatic heterocycles. The zero-order chi connectivity index (χ0) is 11.8. The molecule has 5 nitrogen and oxygen atoms in total. The predicted molar refractivity (Wildman–Crippen MR) is 54.7 cm³/mol. The molecular formula is C10H15NO4. The smallest absolute Gasteiger partial charge is 0.339 e. The lowest BCUT2D eigenvalue weighted by Gasteiger charge is -2.03. The number of hydrogen-bond acceptors (Lipinski definition) is 5. The largest absolute Gasteiger partial charge is 0.466 e. The first-order valence-electron chi connectivity index (χ1n) is 4.42. The van der Waals surface area contributed by atoms with Crippen LogP contribution in [0.25, 0.3) is 0 Å². The van der Waals surface area contributed by atoms with E-state index in [1.807, 2.05) is 0 Å². The van der Waals surface area contributed by atoms with Gasteiger partial charge in [0.1, 0.15) is 0 Å². The molecule has 0 aromatic rings. The molecule has 0 aliphatic carbocycles. The first kappa shape index (κ1) is 13.2. The van der Waals surface area contributed by atoms with E-state index in [0.29, 0.717) is 0 Å². The molecule has 0 rings (SSSR count). The lowest BCUT2D eigenvalue weighted by Crippen LogP contribution is -2.11. The summed E-state index contributed by atoms with van der Waals surface area (Å²) in [5.74, 6) is -1.12. The van der Waals surface area contributed by atoms with Crippen molar-refractivity contribution in [3.05, 3.63) is 23.4 Å². The highest BCUT2D eigenvalue weighted by atomic mass is 16.5. The molecule has 0 fully saturated rings. The molecule has 0 aliphatic rings. The highest BCUT2D eigenvalue weighted by Crippen LogP contribution is 2.04. The van der Waals surface area contributed by atoms with Gasteiger partial charge in [0.05, 0.1) is 19.3 Å². The number of esters is 2. The summed E-state index contributed by atoms with van der Waals surface area (Å²) in [7, 11) is 1.25. The van der Waals surface area contributed by atoms with Gasteiger partial charge in [-0.05, 0) is 19.9 Å². The summed E-state index contributed by atoms with van der Waals surface area (Å²) in [5.41, 5.74) is 5.91. The van der Waals surface area contributed by atoms with E-state index in [-0.39, 0.29) is 17.9 Å². The van der Waals surface area contributed by atoms with Gasteiger partial charge < -0.3 is 15.2 Å². The number of rotatable bonds is 4. The van der Waals surface area contributed by atoms with Crippen molar-refractivity contribution in [1.29, 1.82) is 0 Å². The zero-order valence-corrected chi connectivity index (χ0v) is 9.07. The van der Waals surface area contributed by atoms with Crippen molar-refractivity contribution in [3.63, 3.8) is 0 Å². The van der Waals surface area contributed by atoms with Crippen LogP contribution in [-0.4, -0.2) is 25.7 Å². The normalized spacial score (nSPS) is 12.2. The first-order chi connectivity index (χ1) is 7.02. The maximum atomic E-state index is 11.3. The summed E-state index contributed by atoms with van der Waals surface area (Å²) in [6, 6.07) is 0. The highest BCUT2D eigenvalue weighted by Gasteiger charge is 2.09. The molecule has 0 aromatic carbocycles. The Morgan fingerprint density at radius 3 is 2.33 bits per heavy atom. The molecule has 5 heteroatoms. The molecule has 0 aliphatic heterocycles. The maximum Gasteiger partial charge on any atom is 0.339 e. The summed E-state index contributed by atoms with van der Waals surface area (Å²) < 4.78 is 9.13. The molecule has 0 unspecified atom stereocenters. The molecule has 2 N–H and O–H groups in total. The molecule has 0 heterocycles. The van der Waals surface area contributed by atoms with Gasteiger partial charge in [-0.25, -0.2) is 9.59 Å². The zero-order valence-electron chi connectivity index (χ0n) is 9.07. The molecule has 15 heavy (non-hydrogen) atoms. The van der Waals surface area contributed by atoms with E-state index in [0.717, 1.165) is 6.08 Å². The lowest BCUT2D eigenvalue weighted by molar-refractivity contribution is -0.138. The quantitative estimate of drug-likeness (QED) is 0.418. The number of nitrogens with two attached hydrogens (primary N) is 1. The van der Waals surface area contributed by atoms with Crippen LogP contribution in [0.5, 0.6) is 0 Å². The van der Waals surface area contributed by atoms with Crippen LogP contribution in [0, 0.1) is 0 Å². The maximum absolute atomic E-state index is 11.3. The summed E-state index contributed by atoms with van der Waals surface area (Å²) >= 11 is 0. The van der Waals surface area contributed by atoms with Crippen molar-refractivity contribution < 1.29 is 19.1 Å². The number of hydrogen-bond donors (Lipinski definition) is 1. The summed E-state index contributed by atoms with van der Waals surface area (Å²) in [4.78, 5) is 22.1. The minimum Gasteiger partial charge on any atom is -0.466 e. The van der Waals surface area contributed by atoms with Crippen LogP contribution < -0.4 is 5.73 Å². The van der Waals surface area contributed by atoms with E-state index in [1.165, 1.54) is 13.2 Å². The SMILES string of the molecule is CCOC(=O)C(/C=C/C(=O)OC)=C(\C)N. The van der Waals surface area contributed by atoms with E-state index in [2.05, 4.69) is 4.74 Å². The Morgan fingerprint density at radius 1 is 1.33 bits per heavy atom. The average Bonchev–Trinajstić information content (AvgIpc) is 2.17. The third-order valence-electron chi connectivity index (χ3n) is 1.51. The van der Waals surface area contributed by atoms with Crippen LogP contribution >= 0.6 is 0 Å². The monoisotopic (exact) mass is 213 g/mol. The number of carbonyl (C=O) groups excluding carboxylic acids is 2. The number of carbonyl (C=O) groups is 2. The Balaban J connectivity index is 4.72. The number of allylic oxidation sites excluding steroid dienone is 1. The van der Waals surface area contributed by atoms with Crippen molar-refractivity contribution in [2.75, 3.05) is 13.7 Å². The Bertz CT molecular complexity index is 301. The molecule has 84 valence electrons. The van der Waals surface area contributed by atoms with E-state index < -0.39 is 11.9 Å². The van der Waals surface area contributed by atoms with Crippen LogP contribution in [0.3, 0.4) is 0 Å². The lowest BCUT2D eigenvalue weighted by atomic mass is 10.2. The van der Waals surface area contributed by atoms with Crippen LogP contribution in [0.15, 0.2) is 23.4 Å². The van der Waals surface area contributed by atoms with Crippen LogP contribution in [0.1, 0.15) is 13.8 Å². The van der Waals surface area contributed by atoms with E-state index in [1.54, 1.807) is 13.8 Å². The van der Waals surface area contributed by atoms with Crippen molar-refractivity contribution in [2.45, 2.75) is 13.8 Å². The molecule has 0 bridgehead atoms. The second kappa shape index (κ2) is 6.64. The van der Waals surface area contributed by atoms with Gasteiger partial charge in [0.15, 0.2) is 0 Å². The third kappa shape index (κ3) is 4.85. The summed E-state index contributed by atoms with van der Waals surface area (Å²) in [5, 5.41) is 0. The van der Waals surface area contributed by atoms with E-state index in [9.17, 15) is 9.59 Å². The molecule has 0 amide bonds. The fourth-order valence-corrected chi connectivity index (χ4v) is 0.789. The molecule has 0 saturated carbocycles. The first-order valence-corrected chi connectivity index (χ1v) is 4.42. The fourth-order valence-electron chi connectivity index (χ4n) is 0.789. The van der Waals surface area contributed by atoms with Gasteiger partial charge in [-0.3, -0.25) is 0 Å². The number of ether oxygens (including phenoxy) is 2. The van der Waals surface area contributed by atoms with E-state index in [4.69, 9.17) is 10.5 Å². The molecule has 0 saturated heterocycles. The summed E-state index contributed by atoms with van der Waals surface area (Å²) in [6.45, 7) is 3.49. The minimum absolute atomic E-state index is 0.155. The second-order valence-electron chi connectivity index (χ2n) is 2.67. The van der Waals surface area contributed by atoms with Gasteiger partial charge in [0.2, 0.25) is 0 Å². The van der Waals surface area contributed by atoms with Crippen LogP contribution in [0.4, 0.5) is 0 Å². The van der Waals surface area contributed by atoms with Gasteiger partial charge in [-0.15, -0.1) is 0 Å². The number of methoxy groups -OCH3 is 1. The molecular weight excluding hydrogens is 198 g/mol. The fraction of sp³-hybridized carbons (Fsp3) is 0.400. The second-order valence-corrected chi connectivity index (χ2v) is 2.67. The summed E-state index contributed by atoms with van der Waals surface area (Å²) in [6.07, 6.45) is 2.39. The minimum atomic E-state index is -0.558. The Morgan fingerprint density at radius 2 is 1.93 bits per heavy atom. The topological polar surface area (TPSA) is 78.6 Å². The van der Waals surface area contributed by atoms with Crippen molar-refractivity contribution >= 4 is 11.9 Å². The van der Waals surface area contributed by atoms with Gasteiger partial charge in [0.25, 0.3) is 0 Å².